The average Bonchev–Trinajstić information content (AvgIpc) is 3.60. The van der Waals surface area contributed by atoms with Crippen molar-refractivity contribution in [1.29, 1.82) is 0 Å². The second-order valence-corrected chi connectivity index (χ2v) is 11.1. The zero-order valence-electron chi connectivity index (χ0n) is 19.8. The molecule has 3 N–H and O–H groups in total. The van der Waals surface area contributed by atoms with Crippen LogP contribution >= 0.6 is 0 Å². The smallest absolute Gasteiger partial charge is 0.407 e. The molecule has 2 aliphatic heterocycles. The molecule has 35 heavy (non-hydrogen) atoms. The van der Waals surface area contributed by atoms with E-state index in [0.717, 1.165) is 48.5 Å². The molecule has 1 amide bonds. The summed E-state index contributed by atoms with van der Waals surface area (Å²) in [5, 5.41) is 26.2. The van der Waals surface area contributed by atoms with Gasteiger partial charge in [0.15, 0.2) is 11.5 Å². The number of amides is 1. The summed E-state index contributed by atoms with van der Waals surface area (Å²) in [7, 11) is 0. The third-order valence-corrected chi connectivity index (χ3v) is 9.28. The predicted octanol–water partition coefficient (Wildman–Crippen LogP) is 3.25. The van der Waals surface area contributed by atoms with Crippen molar-refractivity contribution in [2.45, 2.75) is 74.3 Å². The molecule has 7 nitrogen and oxygen atoms in total. The molecule has 0 unspecified atom stereocenters. The molecule has 7 rings (SSSR count). The predicted molar refractivity (Wildman–Crippen MR) is 128 cm³/mol. The highest BCUT2D eigenvalue weighted by molar-refractivity contribution is 5.69. The lowest BCUT2D eigenvalue weighted by atomic mass is 9.48. The molecule has 3 fully saturated rings. The molecular weight excluding hydrogens is 444 g/mol. The number of aliphatic hydroxyl groups is 1. The maximum Gasteiger partial charge on any atom is 0.407 e. The van der Waals surface area contributed by atoms with Gasteiger partial charge in [0, 0.05) is 18.2 Å². The number of hydrogen-bond acceptors (Lipinski definition) is 6. The number of nitrogens with one attached hydrogen (secondary N) is 1. The molecule has 0 aromatic heterocycles. The second kappa shape index (κ2) is 7.61. The molecule has 184 valence electrons. The molecule has 1 saturated heterocycles. The lowest BCUT2D eigenvalue weighted by molar-refractivity contribution is -0.191. The number of benzene rings is 2. The Hall–Kier alpha value is -2.77. The van der Waals surface area contributed by atoms with Crippen LogP contribution in [-0.4, -0.2) is 58.1 Å². The van der Waals surface area contributed by atoms with Crippen LogP contribution in [0, 0.1) is 5.92 Å². The summed E-state index contributed by atoms with van der Waals surface area (Å²) >= 11 is 0. The molecule has 3 aliphatic carbocycles. The molecule has 2 heterocycles. The van der Waals surface area contributed by atoms with Gasteiger partial charge in [-0.1, -0.05) is 36.4 Å². The number of rotatable bonds is 5. The number of piperidine rings is 1. The van der Waals surface area contributed by atoms with Crippen molar-refractivity contribution in [3.05, 3.63) is 59.2 Å². The highest BCUT2D eigenvalue weighted by atomic mass is 16.6. The van der Waals surface area contributed by atoms with Gasteiger partial charge in [-0.05, 0) is 68.2 Å². The first-order chi connectivity index (χ1) is 17.0. The number of hydrogen-bond donors (Lipinski definition) is 3. The van der Waals surface area contributed by atoms with Gasteiger partial charge in [-0.3, -0.25) is 4.90 Å². The zero-order chi connectivity index (χ0) is 23.8. The highest BCUT2D eigenvalue weighted by Gasteiger charge is 2.73. The Labute approximate surface area is 205 Å². The van der Waals surface area contributed by atoms with Crippen molar-refractivity contribution >= 4 is 6.09 Å². The fourth-order valence-electron chi connectivity index (χ4n) is 7.55. The monoisotopic (exact) mass is 476 g/mol. The quantitative estimate of drug-likeness (QED) is 0.614. The highest BCUT2D eigenvalue weighted by Crippen LogP contribution is 2.65. The van der Waals surface area contributed by atoms with Crippen molar-refractivity contribution in [3.63, 3.8) is 0 Å². The summed E-state index contributed by atoms with van der Waals surface area (Å²) in [6.07, 6.45) is 4.33. The lowest BCUT2D eigenvalue weighted by Crippen LogP contribution is -2.78. The molecule has 7 heteroatoms. The summed E-state index contributed by atoms with van der Waals surface area (Å²) in [5.41, 5.74) is 1.45. The molecular formula is C28H32N2O5. The van der Waals surface area contributed by atoms with Gasteiger partial charge < -0.3 is 25.0 Å². The third kappa shape index (κ3) is 3.07. The molecule has 2 saturated carbocycles. The average molecular weight is 477 g/mol. The Morgan fingerprint density at radius 1 is 1.14 bits per heavy atom. The first-order valence-electron chi connectivity index (χ1n) is 13.0. The summed E-state index contributed by atoms with van der Waals surface area (Å²) in [5.74, 6) is 1.35. The summed E-state index contributed by atoms with van der Waals surface area (Å²) in [6, 6.07) is 13.0. The van der Waals surface area contributed by atoms with E-state index < -0.39 is 23.2 Å². The third-order valence-electron chi connectivity index (χ3n) is 9.28. The van der Waals surface area contributed by atoms with Crippen LogP contribution in [-0.2, 0) is 23.2 Å². The van der Waals surface area contributed by atoms with E-state index in [1.54, 1.807) is 6.07 Å². The first kappa shape index (κ1) is 21.5. The molecule has 0 radical (unpaired) electrons. The SMILES string of the molecule is O=C(N[C@@H]1CC[C@@]2(O)[C@H]3Cc4ccc(O)c5c4[C@@]2(CCN3CC2CC2)[C@H]1O5)OCc1ccccc1. The maximum atomic E-state index is 12.8. The molecule has 2 bridgehead atoms. The Balaban J connectivity index is 1.20. The van der Waals surface area contributed by atoms with Gasteiger partial charge in [-0.25, -0.2) is 4.79 Å². The minimum Gasteiger partial charge on any atom is -0.504 e. The molecule has 1 spiro atoms. The number of phenolic OH excluding ortho intramolecular Hbond substituents is 1. The summed E-state index contributed by atoms with van der Waals surface area (Å²) < 4.78 is 12.0. The number of aromatic hydroxyl groups is 1. The van der Waals surface area contributed by atoms with Gasteiger partial charge in [-0.15, -0.1) is 0 Å². The van der Waals surface area contributed by atoms with Gasteiger partial charge in [0.2, 0.25) is 0 Å². The standard InChI is InChI=1S/C28H32N2O5/c31-21-9-8-19-14-22-28(33)11-10-20(29-26(32)34-16-18-4-2-1-3-5-18)25-27(28,23(19)24(21)35-25)12-13-30(22)15-17-6-7-17/h1-5,8-9,17,20,22,25,31,33H,6-7,10-16H2,(H,29,32)/t20-,22-,25+,27+,28-/m1/s1. The lowest BCUT2D eigenvalue weighted by Gasteiger charge is -2.64. The minimum atomic E-state index is -0.955. The Kier molecular flexibility index (Phi) is 4.68. The molecule has 2 aromatic rings. The van der Waals surface area contributed by atoms with Crippen LogP contribution in [0.1, 0.15) is 48.8 Å². The number of likely N-dealkylation sites (tertiary alicyclic amines) is 1. The van der Waals surface area contributed by atoms with E-state index in [1.807, 2.05) is 36.4 Å². The maximum absolute atomic E-state index is 12.8. The van der Waals surface area contributed by atoms with Crippen molar-refractivity contribution < 1.29 is 24.5 Å². The number of ether oxygens (including phenoxy) is 2. The van der Waals surface area contributed by atoms with E-state index in [1.165, 1.54) is 12.8 Å². The molecule has 5 aliphatic rings. The van der Waals surface area contributed by atoms with Crippen molar-refractivity contribution in [1.82, 2.24) is 10.2 Å². The van der Waals surface area contributed by atoms with E-state index in [2.05, 4.69) is 10.2 Å². The van der Waals surface area contributed by atoms with Gasteiger partial charge in [-0.2, -0.15) is 0 Å². The van der Waals surface area contributed by atoms with Crippen LogP contribution in [0.5, 0.6) is 11.5 Å². The van der Waals surface area contributed by atoms with Gasteiger partial charge in [0.1, 0.15) is 12.7 Å². The number of nitrogens with zero attached hydrogens (tertiary/aromatic N) is 1. The van der Waals surface area contributed by atoms with Crippen molar-refractivity contribution in [2.24, 2.45) is 5.92 Å². The minimum absolute atomic E-state index is 0.0249. The normalized spacial score (nSPS) is 34.6. The van der Waals surface area contributed by atoms with Crippen LogP contribution in [0.2, 0.25) is 0 Å². The number of alkyl carbamates (subject to hydrolysis) is 1. The topological polar surface area (TPSA) is 91.3 Å². The number of phenols is 1. The Morgan fingerprint density at radius 2 is 1.97 bits per heavy atom. The van der Waals surface area contributed by atoms with Gasteiger partial charge >= 0.3 is 6.09 Å². The van der Waals surface area contributed by atoms with Gasteiger partial charge in [0.05, 0.1) is 17.1 Å². The summed E-state index contributed by atoms with van der Waals surface area (Å²) in [6.45, 7) is 2.13. The van der Waals surface area contributed by atoms with E-state index in [0.29, 0.717) is 18.6 Å². The number of carbonyl (C=O) groups excluding carboxylic acids is 1. The zero-order valence-corrected chi connectivity index (χ0v) is 19.8. The van der Waals surface area contributed by atoms with Crippen molar-refractivity contribution in [3.8, 4) is 11.5 Å². The van der Waals surface area contributed by atoms with Crippen LogP contribution < -0.4 is 10.1 Å². The van der Waals surface area contributed by atoms with E-state index in [9.17, 15) is 15.0 Å². The Bertz CT molecular complexity index is 1170. The first-order valence-corrected chi connectivity index (χ1v) is 13.0. The Morgan fingerprint density at radius 3 is 2.77 bits per heavy atom. The fraction of sp³-hybridized carbons (Fsp3) is 0.536. The number of carbonyl (C=O) groups is 1. The largest absolute Gasteiger partial charge is 0.504 e. The van der Waals surface area contributed by atoms with Crippen LogP contribution in [0.3, 0.4) is 0 Å². The second-order valence-electron chi connectivity index (χ2n) is 11.1. The van der Waals surface area contributed by atoms with Crippen LogP contribution in [0.15, 0.2) is 42.5 Å². The summed E-state index contributed by atoms with van der Waals surface area (Å²) in [4.78, 5) is 15.3. The van der Waals surface area contributed by atoms with E-state index >= 15 is 0 Å². The van der Waals surface area contributed by atoms with E-state index in [4.69, 9.17) is 9.47 Å². The fourth-order valence-corrected chi connectivity index (χ4v) is 7.55. The molecule has 2 aromatic carbocycles. The van der Waals surface area contributed by atoms with Crippen molar-refractivity contribution in [2.75, 3.05) is 13.1 Å². The van der Waals surface area contributed by atoms with Crippen LogP contribution in [0.25, 0.3) is 0 Å². The molecule has 5 atom stereocenters. The van der Waals surface area contributed by atoms with Crippen LogP contribution in [0.4, 0.5) is 4.79 Å². The van der Waals surface area contributed by atoms with E-state index in [-0.39, 0.29) is 24.4 Å². The van der Waals surface area contributed by atoms with Gasteiger partial charge in [0.25, 0.3) is 0 Å².